The summed E-state index contributed by atoms with van der Waals surface area (Å²) in [5.74, 6) is 0.618. The molecule has 1 fully saturated rings. The molecule has 2 rings (SSSR count). The van der Waals surface area contributed by atoms with Crippen LogP contribution in [0.15, 0.2) is 11.2 Å². The minimum atomic E-state index is -0.163. The van der Waals surface area contributed by atoms with Crippen molar-refractivity contribution in [2.45, 2.75) is 37.1 Å². The van der Waals surface area contributed by atoms with Crippen LogP contribution < -0.4 is 5.73 Å². The standard InChI is InChI=1S/C12H18N4OS/c1-8-7-10(13)15-12(14-8)18-9(2)11(17)16-5-3-4-6-16/h7,9H,3-6H2,1-2H3,(H2,13,14,15)/t9-/m0/s1. The Morgan fingerprint density at radius 1 is 1.44 bits per heavy atom. The summed E-state index contributed by atoms with van der Waals surface area (Å²) in [4.78, 5) is 22.5. The molecule has 5 nitrogen and oxygen atoms in total. The fraction of sp³-hybridized carbons (Fsp3) is 0.583. The van der Waals surface area contributed by atoms with Crippen molar-refractivity contribution >= 4 is 23.5 Å². The number of nitrogens with two attached hydrogens (primary N) is 1. The molecule has 1 aromatic heterocycles. The monoisotopic (exact) mass is 266 g/mol. The third kappa shape index (κ3) is 3.13. The first kappa shape index (κ1) is 13.1. The number of carbonyl (C=O) groups excluding carboxylic acids is 1. The number of nitrogens with zero attached hydrogens (tertiary/aromatic N) is 3. The lowest BCUT2D eigenvalue weighted by molar-refractivity contribution is -0.129. The van der Waals surface area contributed by atoms with Gasteiger partial charge >= 0.3 is 0 Å². The number of likely N-dealkylation sites (tertiary alicyclic amines) is 1. The van der Waals surface area contributed by atoms with Crippen molar-refractivity contribution in [3.05, 3.63) is 11.8 Å². The molecule has 1 atom stereocenters. The molecule has 1 amide bonds. The molecule has 0 bridgehead atoms. The molecule has 1 aromatic rings. The van der Waals surface area contributed by atoms with Gasteiger partial charge in [-0.05, 0) is 26.7 Å². The molecule has 2 N–H and O–H groups in total. The average Bonchev–Trinajstić information content (AvgIpc) is 2.79. The first-order chi connectivity index (χ1) is 8.56. The van der Waals surface area contributed by atoms with Gasteiger partial charge in [0.1, 0.15) is 5.82 Å². The van der Waals surface area contributed by atoms with Gasteiger partial charge in [-0.3, -0.25) is 4.79 Å². The van der Waals surface area contributed by atoms with Gasteiger partial charge in [-0.2, -0.15) is 0 Å². The smallest absolute Gasteiger partial charge is 0.235 e. The van der Waals surface area contributed by atoms with E-state index < -0.39 is 0 Å². The molecular formula is C12H18N4OS. The van der Waals surface area contributed by atoms with Gasteiger partial charge in [-0.1, -0.05) is 11.8 Å². The topological polar surface area (TPSA) is 72.1 Å². The Morgan fingerprint density at radius 2 is 2.11 bits per heavy atom. The number of anilines is 1. The fourth-order valence-electron chi connectivity index (χ4n) is 2.02. The number of amides is 1. The van der Waals surface area contributed by atoms with E-state index >= 15 is 0 Å². The van der Waals surface area contributed by atoms with Gasteiger partial charge in [0.15, 0.2) is 5.16 Å². The second-order valence-electron chi connectivity index (χ2n) is 4.51. The summed E-state index contributed by atoms with van der Waals surface area (Å²) in [5, 5.41) is 0.414. The lowest BCUT2D eigenvalue weighted by Crippen LogP contribution is -2.34. The van der Waals surface area contributed by atoms with Gasteiger partial charge in [0, 0.05) is 24.8 Å². The van der Waals surface area contributed by atoms with Crippen LogP contribution in [0.5, 0.6) is 0 Å². The molecule has 98 valence electrons. The van der Waals surface area contributed by atoms with Crippen LogP contribution in [0.4, 0.5) is 5.82 Å². The molecule has 0 saturated carbocycles. The number of thioether (sulfide) groups is 1. The van der Waals surface area contributed by atoms with Crippen molar-refractivity contribution in [2.75, 3.05) is 18.8 Å². The van der Waals surface area contributed by atoms with Gasteiger partial charge in [0.05, 0.1) is 5.25 Å². The van der Waals surface area contributed by atoms with Gasteiger partial charge < -0.3 is 10.6 Å². The Hall–Kier alpha value is -1.30. The fourth-order valence-corrected chi connectivity index (χ4v) is 2.94. The van der Waals surface area contributed by atoms with E-state index in [-0.39, 0.29) is 11.2 Å². The van der Waals surface area contributed by atoms with Gasteiger partial charge in [-0.25, -0.2) is 9.97 Å². The molecule has 1 aliphatic rings. The third-order valence-corrected chi connectivity index (χ3v) is 3.85. The van der Waals surface area contributed by atoms with E-state index in [0.717, 1.165) is 31.6 Å². The van der Waals surface area contributed by atoms with Crippen molar-refractivity contribution in [3.63, 3.8) is 0 Å². The van der Waals surface area contributed by atoms with Crippen molar-refractivity contribution < 1.29 is 4.79 Å². The van der Waals surface area contributed by atoms with Gasteiger partial charge in [-0.15, -0.1) is 0 Å². The Kier molecular flexibility index (Phi) is 4.06. The normalized spacial score (nSPS) is 16.9. The number of carbonyl (C=O) groups is 1. The molecule has 6 heteroatoms. The zero-order valence-electron chi connectivity index (χ0n) is 10.7. The maximum atomic E-state index is 12.1. The largest absolute Gasteiger partial charge is 0.384 e. The van der Waals surface area contributed by atoms with E-state index in [0.29, 0.717) is 11.0 Å². The van der Waals surface area contributed by atoms with Crippen molar-refractivity contribution in [2.24, 2.45) is 0 Å². The van der Waals surface area contributed by atoms with Gasteiger partial charge in [0.2, 0.25) is 5.91 Å². The summed E-state index contributed by atoms with van der Waals surface area (Å²) in [5.41, 5.74) is 6.50. The van der Waals surface area contributed by atoms with E-state index in [9.17, 15) is 4.79 Å². The summed E-state index contributed by atoms with van der Waals surface area (Å²) in [6, 6.07) is 1.72. The highest BCUT2D eigenvalue weighted by atomic mass is 32.2. The SMILES string of the molecule is Cc1cc(N)nc(S[C@@H](C)C(=O)N2CCCC2)n1. The van der Waals surface area contributed by atoms with E-state index in [1.807, 2.05) is 18.7 Å². The lowest BCUT2D eigenvalue weighted by atomic mass is 10.4. The minimum absolute atomic E-state index is 0.163. The first-order valence-electron chi connectivity index (χ1n) is 6.13. The molecule has 0 spiro atoms. The van der Waals surface area contributed by atoms with Crippen LogP contribution in [0.25, 0.3) is 0 Å². The molecule has 0 radical (unpaired) electrons. The summed E-state index contributed by atoms with van der Waals surface area (Å²) < 4.78 is 0. The zero-order chi connectivity index (χ0) is 13.1. The Bertz CT molecular complexity index is 425. The minimum Gasteiger partial charge on any atom is -0.384 e. The third-order valence-electron chi connectivity index (χ3n) is 2.90. The van der Waals surface area contributed by atoms with E-state index in [1.54, 1.807) is 6.07 Å². The Balaban J connectivity index is 2.01. The summed E-state index contributed by atoms with van der Waals surface area (Å²) in [7, 11) is 0. The van der Waals surface area contributed by atoms with Crippen LogP contribution in [-0.4, -0.2) is 39.1 Å². The van der Waals surface area contributed by atoms with Crippen LogP contribution in [0.3, 0.4) is 0 Å². The van der Waals surface area contributed by atoms with E-state index in [1.165, 1.54) is 11.8 Å². The van der Waals surface area contributed by atoms with Crippen LogP contribution >= 0.6 is 11.8 Å². The second-order valence-corrected chi connectivity index (χ2v) is 5.82. The highest BCUT2D eigenvalue weighted by molar-refractivity contribution is 8.00. The van der Waals surface area contributed by atoms with E-state index in [4.69, 9.17) is 5.73 Å². The lowest BCUT2D eigenvalue weighted by Gasteiger charge is -2.19. The Labute approximate surface area is 111 Å². The molecule has 1 saturated heterocycles. The summed E-state index contributed by atoms with van der Waals surface area (Å²) >= 11 is 1.37. The van der Waals surface area contributed by atoms with Crippen LogP contribution in [0.2, 0.25) is 0 Å². The predicted octanol–water partition coefficient (Wildman–Crippen LogP) is 1.47. The second kappa shape index (κ2) is 5.56. The summed E-state index contributed by atoms with van der Waals surface area (Å²) in [6.45, 7) is 5.52. The molecule has 18 heavy (non-hydrogen) atoms. The quantitative estimate of drug-likeness (QED) is 0.662. The molecule has 1 aliphatic heterocycles. The molecule has 0 unspecified atom stereocenters. The number of hydrogen-bond donors (Lipinski definition) is 1. The number of nitrogen functional groups attached to an aromatic ring is 1. The Morgan fingerprint density at radius 3 is 2.72 bits per heavy atom. The first-order valence-corrected chi connectivity index (χ1v) is 7.01. The van der Waals surface area contributed by atoms with Crippen molar-refractivity contribution in [1.82, 2.24) is 14.9 Å². The van der Waals surface area contributed by atoms with Crippen LogP contribution in [-0.2, 0) is 4.79 Å². The number of rotatable bonds is 3. The van der Waals surface area contributed by atoms with Crippen LogP contribution in [0, 0.1) is 6.92 Å². The highest BCUT2D eigenvalue weighted by Crippen LogP contribution is 2.23. The number of hydrogen-bond acceptors (Lipinski definition) is 5. The molecule has 0 aromatic carbocycles. The average molecular weight is 266 g/mol. The van der Waals surface area contributed by atoms with Crippen molar-refractivity contribution in [3.8, 4) is 0 Å². The van der Waals surface area contributed by atoms with Gasteiger partial charge in [0.25, 0.3) is 0 Å². The summed E-state index contributed by atoms with van der Waals surface area (Å²) in [6.07, 6.45) is 2.22. The van der Waals surface area contributed by atoms with E-state index in [2.05, 4.69) is 9.97 Å². The van der Waals surface area contributed by atoms with Crippen molar-refractivity contribution in [1.29, 1.82) is 0 Å². The maximum absolute atomic E-state index is 12.1. The zero-order valence-corrected chi connectivity index (χ0v) is 11.5. The molecular weight excluding hydrogens is 248 g/mol. The predicted molar refractivity (Wildman–Crippen MR) is 72.3 cm³/mol. The molecule has 2 heterocycles. The highest BCUT2D eigenvalue weighted by Gasteiger charge is 2.24. The molecule has 0 aliphatic carbocycles. The number of aryl methyl sites for hydroxylation is 1. The van der Waals surface area contributed by atoms with Crippen LogP contribution in [0.1, 0.15) is 25.5 Å². The number of aromatic nitrogens is 2. The maximum Gasteiger partial charge on any atom is 0.235 e.